The molecule has 0 bridgehead atoms. The minimum Gasteiger partial charge on any atom is -0.492 e. The van der Waals surface area contributed by atoms with E-state index in [2.05, 4.69) is 10.6 Å². The molecular formula is C18H21ClN2O3. The van der Waals surface area contributed by atoms with Gasteiger partial charge in [-0.2, -0.15) is 0 Å². The normalized spacial score (nSPS) is 10.2. The molecule has 2 aromatic rings. The van der Waals surface area contributed by atoms with E-state index in [0.29, 0.717) is 31.3 Å². The van der Waals surface area contributed by atoms with Crippen LogP contribution in [0.2, 0.25) is 5.02 Å². The Bertz CT molecular complexity index is 647. The fourth-order valence-corrected chi connectivity index (χ4v) is 2.25. The van der Waals surface area contributed by atoms with Crippen LogP contribution in [0.1, 0.15) is 11.1 Å². The van der Waals surface area contributed by atoms with Crippen molar-refractivity contribution in [2.45, 2.75) is 13.2 Å². The molecule has 0 radical (unpaired) electrons. The van der Waals surface area contributed by atoms with E-state index in [0.717, 1.165) is 16.9 Å². The molecule has 6 heteroatoms. The van der Waals surface area contributed by atoms with Gasteiger partial charge in [0.25, 0.3) is 0 Å². The van der Waals surface area contributed by atoms with Crippen LogP contribution in [0.4, 0.5) is 4.79 Å². The number of hydrogen-bond acceptors (Lipinski definition) is 3. The van der Waals surface area contributed by atoms with E-state index >= 15 is 0 Å². The van der Waals surface area contributed by atoms with Crippen molar-refractivity contribution in [1.29, 1.82) is 0 Å². The molecule has 24 heavy (non-hydrogen) atoms. The largest absolute Gasteiger partial charge is 0.492 e. The van der Waals surface area contributed by atoms with Crippen LogP contribution < -0.4 is 15.4 Å². The third-order valence-corrected chi connectivity index (χ3v) is 3.58. The van der Waals surface area contributed by atoms with E-state index in [1.807, 2.05) is 24.3 Å². The summed E-state index contributed by atoms with van der Waals surface area (Å²) in [5.74, 6) is 0.718. The molecule has 0 atom stereocenters. The van der Waals surface area contributed by atoms with Crippen LogP contribution in [0.3, 0.4) is 0 Å². The quantitative estimate of drug-likeness (QED) is 0.719. The Hall–Kier alpha value is -2.24. The van der Waals surface area contributed by atoms with E-state index in [1.165, 1.54) is 0 Å². The second kappa shape index (κ2) is 9.80. The molecule has 0 heterocycles. The van der Waals surface area contributed by atoms with Crippen molar-refractivity contribution in [2.75, 3.05) is 20.3 Å². The fourth-order valence-electron chi connectivity index (χ4n) is 2.13. The molecule has 2 amide bonds. The lowest BCUT2D eigenvalue weighted by atomic mass is 10.1. The van der Waals surface area contributed by atoms with Gasteiger partial charge in [0.15, 0.2) is 0 Å². The fraction of sp³-hybridized carbons (Fsp3) is 0.278. The highest BCUT2D eigenvalue weighted by atomic mass is 35.5. The smallest absolute Gasteiger partial charge is 0.315 e. The highest BCUT2D eigenvalue weighted by Gasteiger charge is 2.04. The van der Waals surface area contributed by atoms with Gasteiger partial charge in [-0.1, -0.05) is 35.9 Å². The van der Waals surface area contributed by atoms with Crippen molar-refractivity contribution in [1.82, 2.24) is 10.6 Å². The van der Waals surface area contributed by atoms with Gasteiger partial charge in [-0.15, -0.1) is 0 Å². The number of amides is 2. The van der Waals surface area contributed by atoms with Crippen LogP contribution in [0.5, 0.6) is 5.75 Å². The van der Waals surface area contributed by atoms with Crippen molar-refractivity contribution in [3.8, 4) is 5.75 Å². The molecule has 0 saturated carbocycles. The van der Waals surface area contributed by atoms with Gasteiger partial charge < -0.3 is 20.1 Å². The Labute approximate surface area is 146 Å². The summed E-state index contributed by atoms with van der Waals surface area (Å²) in [5.41, 5.74) is 2.10. The highest BCUT2D eigenvalue weighted by molar-refractivity contribution is 6.30. The van der Waals surface area contributed by atoms with Gasteiger partial charge in [-0.05, 0) is 35.4 Å². The van der Waals surface area contributed by atoms with E-state index < -0.39 is 0 Å². The number of carbonyl (C=O) groups is 1. The lowest BCUT2D eigenvalue weighted by Crippen LogP contribution is -2.37. The molecule has 0 aliphatic carbocycles. The lowest BCUT2D eigenvalue weighted by Gasteiger charge is -2.11. The van der Waals surface area contributed by atoms with E-state index in [1.54, 1.807) is 31.4 Å². The molecule has 2 N–H and O–H groups in total. The lowest BCUT2D eigenvalue weighted by molar-refractivity contribution is 0.184. The van der Waals surface area contributed by atoms with E-state index in [9.17, 15) is 4.79 Å². The Balaban J connectivity index is 1.67. The molecule has 0 aliphatic rings. The Morgan fingerprint density at radius 3 is 2.46 bits per heavy atom. The topological polar surface area (TPSA) is 59.6 Å². The summed E-state index contributed by atoms with van der Waals surface area (Å²) < 4.78 is 10.7. The number of benzene rings is 2. The van der Waals surface area contributed by atoms with Crippen LogP contribution >= 0.6 is 11.6 Å². The summed E-state index contributed by atoms with van der Waals surface area (Å²) in [5, 5.41) is 6.24. The Kier molecular flexibility index (Phi) is 7.39. The second-order valence-electron chi connectivity index (χ2n) is 5.11. The summed E-state index contributed by atoms with van der Waals surface area (Å²) >= 11 is 5.80. The van der Waals surface area contributed by atoms with Gasteiger partial charge >= 0.3 is 6.03 Å². The van der Waals surface area contributed by atoms with Gasteiger partial charge in [-0.25, -0.2) is 4.79 Å². The molecule has 5 nitrogen and oxygen atoms in total. The van der Waals surface area contributed by atoms with Crippen LogP contribution in [0, 0.1) is 0 Å². The predicted molar refractivity (Wildman–Crippen MR) is 94.3 cm³/mol. The molecule has 0 fully saturated rings. The summed E-state index contributed by atoms with van der Waals surface area (Å²) in [7, 11) is 1.65. The number of methoxy groups -OCH3 is 1. The Morgan fingerprint density at radius 2 is 1.75 bits per heavy atom. The number of halogens is 1. The molecule has 0 aliphatic heterocycles. The Morgan fingerprint density at radius 1 is 1.04 bits per heavy atom. The van der Waals surface area contributed by atoms with Gasteiger partial charge in [0, 0.05) is 18.7 Å². The van der Waals surface area contributed by atoms with Crippen molar-refractivity contribution < 1.29 is 14.3 Å². The first-order valence-corrected chi connectivity index (χ1v) is 8.02. The minimum absolute atomic E-state index is 0.234. The number of urea groups is 1. The highest BCUT2D eigenvalue weighted by Crippen LogP contribution is 2.15. The van der Waals surface area contributed by atoms with Crippen molar-refractivity contribution in [3.63, 3.8) is 0 Å². The summed E-state index contributed by atoms with van der Waals surface area (Å²) in [6, 6.07) is 14.7. The maximum Gasteiger partial charge on any atom is 0.315 e. The van der Waals surface area contributed by atoms with Crippen molar-refractivity contribution in [2.24, 2.45) is 0 Å². The first-order valence-electron chi connectivity index (χ1n) is 7.65. The zero-order valence-electron chi connectivity index (χ0n) is 13.5. The number of rotatable bonds is 8. The monoisotopic (exact) mass is 348 g/mol. The molecule has 0 aromatic heterocycles. The number of carbonyl (C=O) groups excluding carboxylic acids is 1. The van der Waals surface area contributed by atoms with Crippen LogP contribution in [-0.4, -0.2) is 26.3 Å². The van der Waals surface area contributed by atoms with Crippen molar-refractivity contribution in [3.05, 3.63) is 64.7 Å². The molecule has 2 rings (SSSR count). The molecule has 0 saturated heterocycles. The average molecular weight is 349 g/mol. The average Bonchev–Trinajstić information content (AvgIpc) is 2.60. The summed E-state index contributed by atoms with van der Waals surface area (Å²) in [6.07, 6.45) is 0. The predicted octanol–water partition coefficient (Wildman–Crippen LogP) is 3.36. The molecule has 0 spiro atoms. The van der Waals surface area contributed by atoms with Crippen molar-refractivity contribution >= 4 is 17.6 Å². The number of nitrogens with one attached hydrogen (secondary N) is 2. The van der Waals surface area contributed by atoms with E-state index in [-0.39, 0.29) is 6.03 Å². The molecule has 128 valence electrons. The van der Waals surface area contributed by atoms with Crippen LogP contribution in [-0.2, 0) is 17.9 Å². The number of ether oxygens (including phenoxy) is 2. The zero-order valence-corrected chi connectivity index (χ0v) is 14.3. The van der Waals surface area contributed by atoms with Gasteiger partial charge in [0.1, 0.15) is 12.4 Å². The third-order valence-electron chi connectivity index (χ3n) is 3.33. The van der Waals surface area contributed by atoms with Gasteiger partial charge in [0.05, 0.1) is 13.2 Å². The van der Waals surface area contributed by atoms with Crippen LogP contribution in [0.25, 0.3) is 0 Å². The summed E-state index contributed by atoms with van der Waals surface area (Å²) in [4.78, 5) is 11.8. The first-order chi connectivity index (χ1) is 11.7. The first kappa shape index (κ1) is 18.1. The zero-order chi connectivity index (χ0) is 17.2. The third kappa shape index (κ3) is 6.10. The minimum atomic E-state index is -0.234. The van der Waals surface area contributed by atoms with Gasteiger partial charge in [0.2, 0.25) is 0 Å². The maximum atomic E-state index is 11.8. The van der Waals surface area contributed by atoms with E-state index in [4.69, 9.17) is 21.1 Å². The standard InChI is InChI=1S/C18H21ClN2O3/c1-23-13-15-5-3-2-4-14(15)12-21-18(22)20-10-11-24-17-8-6-16(19)7-9-17/h2-9H,10-13H2,1H3,(H2,20,21,22). The van der Waals surface area contributed by atoms with Crippen LogP contribution in [0.15, 0.2) is 48.5 Å². The summed E-state index contributed by atoms with van der Waals surface area (Å²) in [6.45, 7) is 1.77. The second-order valence-corrected chi connectivity index (χ2v) is 5.55. The molecular weight excluding hydrogens is 328 g/mol. The SMILES string of the molecule is COCc1ccccc1CNC(=O)NCCOc1ccc(Cl)cc1. The molecule has 2 aromatic carbocycles. The molecule has 0 unspecified atom stereocenters. The number of hydrogen-bond donors (Lipinski definition) is 2. The maximum absolute atomic E-state index is 11.8. The van der Waals surface area contributed by atoms with Gasteiger partial charge in [-0.3, -0.25) is 0 Å².